The van der Waals surface area contributed by atoms with Crippen LogP contribution in [0.1, 0.15) is 65.2 Å². The van der Waals surface area contributed by atoms with E-state index in [0.29, 0.717) is 29.9 Å². The van der Waals surface area contributed by atoms with Gasteiger partial charge in [0.1, 0.15) is 5.75 Å². The highest BCUT2D eigenvalue weighted by molar-refractivity contribution is 5.92. The molecule has 3 N–H and O–H groups in total. The molecule has 0 spiro atoms. The molecule has 1 aromatic rings. The minimum atomic E-state index is -0.110. The van der Waals surface area contributed by atoms with Gasteiger partial charge in [0.15, 0.2) is 0 Å². The highest BCUT2D eigenvalue weighted by Crippen LogP contribution is 2.58. The van der Waals surface area contributed by atoms with Crippen LogP contribution in [0.3, 0.4) is 0 Å². The molecule has 1 aromatic carbocycles. The van der Waals surface area contributed by atoms with Crippen molar-refractivity contribution >= 4 is 23.7 Å². The Morgan fingerprint density at radius 1 is 1.13 bits per heavy atom. The van der Waals surface area contributed by atoms with Crippen LogP contribution in [0.5, 0.6) is 5.75 Å². The first kappa shape index (κ1) is 22.1. The summed E-state index contributed by atoms with van der Waals surface area (Å²) in [5, 5.41) is 16.5. The van der Waals surface area contributed by atoms with Crippen LogP contribution in [-0.4, -0.2) is 23.1 Å². The van der Waals surface area contributed by atoms with Crippen LogP contribution in [-0.2, 0) is 9.59 Å². The number of nitrogens with zero attached hydrogens (tertiary/aromatic N) is 1. The van der Waals surface area contributed by atoms with Gasteiger partial charge in [-0.2, -0.15) is 5.10 Å². The van der Waals surface area contributed by atoms with Crippen molar-refractivity contribution < 1.29 is 14.7 Å². The minimum absolute atomic E-state index is 0.0642. The van der Waals surface area contributed by atoms with Crippen molar-refractivity contribution in [2.75, 3.05) is 5.32 Å². The lowest BCUT2D eigenvalue weighted by atomic mass is 9.49. The molecule has 0 heterocycles. The molecule has 3 aliphatic carbocycles. The maximum absolute atomic E-state index is 11.9. The fourth-order valence-electron chi connectivity index (χ4n) is 4.50. The van der Waals surface area contributed by atoms with E-state index in [2.05, 4.69) is 35.8 Å². The van der Waals surface area contributed by atoms with E-state index in [1.807, 2.05) is 6.21 Å². The van der Waals surface area contributed by atoms with Crippen molar-refractivity contribution in [3.63, 3.8) is 0 Å². The van der Waals surface area contributed by atoms with Gasteiger partial charge >= 0.3 is 0 Å². The van der Waals surface area contributed by atoms with Gasteiger partial charge in [0.05, 0.1) is 11.9 Å². The molecule has 1 fully saturated rings. The zero-order valence-electron chi connectivity index (χ0n) is 18.0. The van der Waals surface area contributed by atoms with Crippen LogP contribution in [0.4, 0.5) is 5.69 Å². The first-order valence-electron chi connectivity index (χ1n) is 11.0. The molecule has 1 saturated carbocycles. The number of allylic oxidation sites excluding steroid dienone is 2. The molecule has 2 amide bonds. The van der Waals surface area contributed by atoms with E-state index < -0.39 is 0 Å². The Kier molecular flexibility index (Phi) is 7.29. The Balaban J connectivity index is 1.24. The maximum atomic E-state index is 11.9. The molecule has 6 heteroatoms. The molecule has 162 valence electrons. The van der Waals surface area contributed by atoms with Gasteiger partial charge in [-0.3, -0.25) is 9.59 Å². The maximum Gasteiger partial charge on any atom is 0.240 e. The quantitative estimate of drug-likeness (QED) is 0.224. The summed E-state index contributed by atoms with van der Waals surface area (Å²) in [5.74, 6) is 1.26. The van der Waals surface area contributed by atoms with E-state index in [4.69, 9.17) is 0 Å². The third-order valence-electron chi connectivity index (χ3n) is 6.65. The van der Waals surface area contributed by atoms with Gasteiger partial charge in [-0.1, -0.05) is 44.9 Å². The summed E-state index contributed by atoms with van der Waals surface area (Å²) in [4.78, 5) is 23.9. The molecular formula is C24H33N3O3. The normalized spacial score (nSPS) is 21.6. The van der Waals surface area contributed by atoms with E-state index in [9.17, 15) is 14.7 Å². The Hall–Kier alpha value is -2.63. The highest BCUT2D eigenvalue weighted by Gasteiger charge is 2.50. The van der Waals surface area contributed by atoms with E-state index in [1.165, 1.54) is 12.0 Å². The van der Waals surface area contributed by atoms with Crippen LogP contribution in [0.2, 0.25) is 0 Å². The number of phenolic OH excluding ortho intramolecular Hbond substituents is 1. The summed E-state index contributed by atoms with van der Waals surface area (Å²) in [6.45, 7) is 4.64. The zero-order chi connectivity index (χ0) is 21.6. The molecule has 4 rings (SSSR count). The number of carbonyl (C=O) groups is 2. The number of nitrogens with one attached hydrogen (secondary N) is 2. The first-order chi connectivity index (χ1) is 14.4. The Bertz CT molecular complexity index is 829. The fourth-order valence-corrected chi connectivity index (χ4v) is 4.50. The predicted molar refractivity (Wildman–Crippen MR) is 119 cm³/mol. The van der Waals surface area contributed by atoms with Crippen molar-refractivity contribution in [1.82, 2.24) is 5.43 Å². The number of aromatic hydroxyl groups is 1. The van der Waals surface area contributed by atoms with Gasteiger partial charge in [-0.15, -0.1) is 0 Å². The molecule has 0 saturated heterocycles. The van der Waals surface area contributed by atoms with Crippen LogP contribution < -0.4 is 10.7 Å². The average Bonchev–Trinajstić information content (AvgIpc) is 2.72. The monoisotopic (exact) mass is 411 g/mol. The fraction of sp³-hybridized carbons (Fsp3) is 0.542. The molecule has 30 heavy (non-hydrogen) atoms. The van der Waals surface area contributed by atoms with Crippen LogP contribution >= 0.6 is 0 Å². The minimum Gasteiger partial charge on any atom is -0.506 e. The highest BCUT2D eigenvalue weighted by atomic mass is 16.3. The Morgan fingerprint density at radius 3 is 2.50 bits per heavy atom. The molecule has 3 aliphatic rings. The van der Waals surface area contributed by atoms with Gasteiger partial charge in [-0.25, -0.2) is 5.43 Å². The zero-order valence-corrected chi connectivity index (χ0v) is 18.0. The molecule has 0 radical (unpaired) electrons. The first-order valence-corrected chi connectivity index (χ1v) is 11.0. The summed E-state index contributed by atoms with van der Waals surface area (Å²) >= 11 is 0. The van der Waals surface area contributed by atoms with Crippen molar-refractivity contribution in [3.05, 3.63) is 35.9 Å². The second-order valence-corrected chi connectivity index (χ2v) is 9.02. The summed E-state index contributed by atoms with van der Waals surface area (Å²) in [6, 6.07) is 6.69. The molecule has 0 aromatic heterocycles. The Labute approximate surface area is 178 Å². The predicted octanol–water partition coefficient (Wildman–Crippen LogP) is 4.77. The number of hydrogen-bond acceptors (Lipinski definition) is 4. The van der Waals surface area contributed by atoms with E-state index in [-0.39, 0.29) is 17.6 Å². The smallest absolute Gasteiger partial charge is 0.240 e. The molecular weight excluding hydrogens is 378 g/mol. The number of phenols is 1. The third-order valence-corrected chi connectivity index (χ3v) is 6.65. The number of unbranched alkanes of at least 4 members (excludes halogenated alkanes) is 3. The lowest BCUT2D eigenvalue weighted by molar-refractivity contribution is -0.121. The summed E-state index contributed by atoms with van der Waals surface area (Å²) in [7, 11) is 0. The standard InChI is InChI=1S/C24H33N3O3/c1-24(2)18-14-13-17(19(24)15-18)16-25-27-23(30)12-6-4-3-5-11-22(29)26-20-9-7-8-10-21(20)28/h7-10,13,16,18-19,28H,3-6,11-12,14-15H2,1-2H3,(H,26,29)(H,27,30)/b25-16-/t18-,19-/m0/s1. The molecule has 0 aliphatic heterocycles. The SMILES string of the molecule is CC1(C)[C@H]2CC=C(/C=N\NC(=O)CCCCCCC(=O)Nc3ccccc3O)[C@@H]1C2. The number of para-hydroxylation sites is 2. The van der Waals surface area contributed by atoms with E-state index in [1.54, 1.807) is 24.3 Å². The number of benzene rings is 1. The Morgan fingerprint density at radius 2 is 1.83 bits per heavy atom. The van der Waals surface area contributed by atoms with Crippen LogP contribution in [0.25, 0.3) is 0 Å². The number of hydrazone groups is 1. The lowest BCUT2D eigenvalue weighted by Gasteiger charge is -2.55. The van der Waals surface area contributed by atoms with Gasteiger partial charge in [0, 0.05) is 12.8 Å². The average molecular weight is 412 g/mol. The number of rotatable bonds is 10. The van der Waals surface area contributed by atoms with Crippen molar-refractivity contribution in [2.24, 2.45) is 22.4 Å². The molecule has 6 nitrogen and oxygen atoms in total. The van der Waals surface area contributed by atoms with Crippen molar-refractivity contribution in [1.29, 1.82) is 0 Å². The molecule has 2 atom stereocenters. The van der Waals surface area contributed by atoms with Gasteiger partial charge in [0.2, 0.25) is 11.8 Å². The van der Waals surface area contributed by atoms with Gasteiger partial charge in [0.25, 0.3) is 0 Å². The summed E-state index contributed by atoms with van der Waals surface area (Å²) in [6.07, 6.45) is 10.6. The third kappa shape index (κ3) is 5.49. The van der Waals surface area contributed by atoms with Crippen molar-refractivity contribution in [3.8, 4) is 5.75 Å². The second kappa shape index (κ2) is 9.92. The van der Waals surface area contributed by atoms with E-state index >= 15 is 0 Å². The summed E-state index contributed by atoms with van der Waals surface area (Å²) < 4.78 is 0. The number of anilines is 1. The topological polar surface area (TPSA) is 90.8 Å². The largest absolute Gasteiger partial charge is 0.506 e. The number of amides is 2. The van der Waals surface area contributed by atoms with E-state index in [0.717, 1.165) is 38.0 Å². The van der Waals surface area contributed by atoms with Gasteiger partial charge in [-0.05, 0) is 60.6 Å². The number of hydrogen-bond donors (Lipinski definition) is 3. The number of fused-ring (bicyclic) bond motifs is 1. The number of carbonyl (C=O) groups excluding carboxylic acids is 2. The molecule has 2 bridgehead atoms. The second-order valence-electron chi connectivity index (χ2n) is 9.02. The van der Waals surface area contributed by atoms with Gasteiger partial charge < -0.3 is 10.4 Å². The van der Waals surface area contributed by atoms with Crippen LogP contribution in [0, 0.1) is 17.3 Å². The van der Waals surface area contributed by atoms with Crippen LogP contribution in [0.15, 0.2) is 41.0 Å². The lowest BCUT2D eigenvalue weighted by Crippen LogP contribution is -2.48. The van der Waals surface area contributed by atoms with Crippen molar-refractivity contribution in [2.45, 2.75) is 65.2 Å². The summed E-state index contributed by atoms with van der Waals surface area (Å²) in [5.41, 5.74) is 4.69. The molecule has 0 unspecified atom stereocenters.